The number of likely N-dealkylation sites (tertiary alicyclic amines) is 2. The van der Waals surface area contributed by atoms with E-state index < -0.39 is 0 Å². The largest absolute Gasteiger partial charge is 0.457 e. The number of nitrogens with one attached hydrogen (secondary N) is 1. The number of para-hydroxylation sites is 1. The molecule has 0 radical (unpaired) electrons. The SMILES string of the molecule is Nc1ncnc2c1c(-c1ccc(Oc3ccccc3)cc1)nn2C1CCN(C2CCN(CC3CNC3)CC2)CC1. The first-order chi connectivity index (χ1) is 19.7. The highest BCUT2D eigenvalue weighted by Crippen LogP contribution is 2.36. The number of aromatic nitrogens is 4. The molecule has 5 heterocycles. The molecule has 2 aromatic carbocycles. The molecule has 0 aliphatic carbocycles. The predicted octanol–water partition coefficient (Wildman–Crippen LogP) is 4.19. The van der Waals surface area contributed by atoms with E-state index in [2.05, 4.69) is 29.8 Å². The Labute approximate surface area is 235 Å². The van der Waals surface area contributed by atoms with Crippen LogP contribution in [-0.2, 0) is 0 Å². The van der Waals surface area contributed by atoms with Gasteiger partial charge in [-0.3, -0.25) is 0 Å². The molecule has 0 spiro atoms. The van der Waals surface area contributed by atoms with Crippen molar-refractivity contribution in [3.05, 3.63) is 60.9 Å². The topological polar surface area (TPSA) is 97.4 Å². The van der Waals surface area contributed by atoms with Gasteiger partial charge in [0.25, 0.3) is 0 Å². The maximum Gasteiger partial charge on any atom is 0.164 e. The van der Waals surface area contributed by atoms with Crippen LogP contribution in [0.1, 0.15) is 31.7 Å². The molecular formula is C31H38N8O. The Kier molecular flexibility index (Phi) is 7.09. The Bertz CT molecular complexity index is 1420. The van der Waals surface area contributed by atoms with Crippen LogP contribution in [0, 0.1) is 5.92 Å². The molecule has 0 amide bonds. The van der Waals surface area contributed by atoms with Crippen molar-refractivity contribution in [1.82, 2.24) is 34.9 Å². The third-order valence-corrected chi connectivity index (χ3v) is 8.93. The summed E-state index contributed by atoms with van der Waals surface area (Å²) in [5.41, 5.74) is 9.03. The van der Waals surface area contributed by atoms with Crippen LogP contribution >= 0.6 is 0 Å². The number of nitrogen functional groups attached to an aromatic ring is 1. The van der Waals surface area contributed by atoms with E-state index in [4.69, 9.17) is 15.6 Å². The number of hydrogen-bond donors (Lipinski definition) is 2. The number of piperidine rings is 2. The van der Waals surface area contributed by atoms with Crippen LogP contribution in [0.5, 0.6) is 11.5 Å². The number of nitrogens with zero attached hydrogens (tertiary/aromatic N) is 6. The van der Waals surface area contributed by atoms with Crippen molar-refractivity contribution in [1.29, 1.82) is 0 Å². The summed E-state index contributed by atoms with van der Waals surface area (Å²) in [6.45, 7) is 8.34. The zero-order valence-corrected chi connectivity index (χ0v) is 23.0. The smallest absolute Gasteiger partial charge is 0.164 e. The molecule has 4 aromatic rings. The van der Waals surface area contributed by atoms with Gasteiger partial charge in [0.05, 0.1) is 11.4 Å². The molecule has 3 aliphatic heterocycles. The summed E-state index contributed by atoms with van der Waals surface area (Å²) in [4.78, 5) is 14.4. The molecule has 0 atom stereocenters. The molecule has 3 fully saturated rings. The van der Waals surface area contributed by atoms with E-state index in [1.807, 2.05) is 54.6 Å². The fraction of sp³-hybridized carbons (Fsp3) is 0.452. The van der Waals surface area contributed by atoms with Crippen LogP contribution in [0.3, 0.4) is 0 Å². The summed E-state index contributed by atoms with van der Waals surface area (Å²) in [5.74, 6) is 2.92. The average Bonchev–Trinajstić information content (AvgIpc) is 3.37. The van der Waals surface area contributed by atoms with Gasteiger partial charge in [-0.05, 0) is 81.1 Å². The van der Waals surface area contributed by atoms with Gasteiger partial charge in [0.2, 0.25) is 0 Å². The highest BCUT2D eigenvalue weighted by Gasteiger charge is 2.31. The van der Waals surface area contributed by atoms with Gasteiger partial charge >= 0.3 is 0 Å². The molecule has 7 rings (SSSR count). The van der Waals surface area contributed by atoms with Gasteiger partial charge in [0.1, 0.15) is 29.3 Å². The van der Waals surface area contributed by atoms with Crippen molar-refractivity contribution in [2.24, 2.45) is 5.92 Å². The quantitative estimate of drug-likeness (QED) is 0.362. The Morgan fingerprint density at radius 1 is 0.825 bits per heavy atom. The molecule has 3 aliphatic rings. The molecule has 3 saturated heterocycles. The van der Waals surface area contributed by atoms with Gasteiger partial charge in [0, 0.05) is 44.3 Å². The van der Waals surface area contributed by atoms with E-state index in [0.29, 0.717) is 17.9 Å². The lowest BCUT2D eigenvalue weighted by molar-refractivity contribution is 0.0685. The van der Waals surface area contributed by atoms with Crippen LogP contribution in [0.25, 0.3) is 22.3 Å². The second-order valence-electron chi connectivity index (χ2n) is 11.5. The van der Waals surface area contributed by atoms with Crippen LogP contribution in [0.15, 0.2) is 60.9 Å². The second kappa shape index (κ2) is 11.2. The molecule has 9 heteroatoms. The zero-order valence-electron chi connectivity index (χ0n) is 23.0. The molecule has 9 nitrogen and oxygen atoms in total. The van der Waals surface area contributed by atoms with Crippen LogP contribution in [-0.4, -0.2) is 81.4 Å². The summed E-state index contributed by atoms with van der Waals surface area (Å²) >= 11 is 0. The Morgan fingerprint density at radius 2 is 1.52 bits per heavy atom. The van der Waals surface area contributed by atoms with Gasteiger partial charge in [-0.15, -0.1) is 0 Å². The van der Waals surface area contributed by atoms with Gasteiger partial charge in [0.15, 0.2) is 5.65 Å². The van der Waals surface area contributed by atoms with Crippen molar-refractivity contribution in [3.8, 4) is 22.8 Å². The number of nitrogens with two attached hydrogens (primary N) is 1. The van der Waals surface area contributed by atoms with E-state index >= 15 is 0 Å². The molecule has 0 bridgehead atoms. The number of hydrogen-bond acceptors (Lipinski definition) is 8. The number of rotatable bonds is 7. The Balaban J connectivity index is 1.04. The van der Waals surface area contributed by atoms with E-state index in [-0.39, 0.29) is 0 Å². The lowest BCUT2D eigenvalue weighted by Gasteiger charge is -2.43. The van der Waals surface area contributed by atoms with Crippen molar-refractivity contribution in [2.75, 3.05) is 51.5 Å². The first-order valence-corrected chi connectivity index (χ1v) is 14.7. The number of fused-ring (bicyclic) bond motifs is 1. The lowest BCUT2D eigenvalue weighted by atomic mass is 9.96. The van der Waals surface area contributed by atoms with E-state index in [9.17, 15) is 0 Å². The van der Waals surface area contributed by atoms with Crippen molar-refractivity contribution < 1.29 is 4.74 Å². The number of ether oxygens (including phenoxy) is 1. The van der Waals surface area contributed by atoms with Crippen molar-refractivity contribution in [3.63, 3.8) is 0 Å². The molecule has 2 aromatic heterocycles. The first kappa shape index (κ1) is 25.4. The zero-order chi connectivity index (χ0) is 26.9. The minimum absolute atomic E-state index is 0.300. The Morgan fingerprint density at radius 3 is 2.23 bits per heavy atom. The third-order valence-electron chi connectivity index (χ3n) is 8.93. The average molecular weight is 539 g/mol. The fourth-order valence-corrected chi connectivity index (χ4v) is 6.56. The van der Waals surface area contributed by atoms with Gasteiger partial charge in [-0.25, -0.2) is 14.6 Å². The highest BCUT2D eigenvalue weighted by atomic mass is 16.5. The number of anilines is 1. The molecule has 0 saturated carbocycles. The number of benzene rings is 2. The minimum Gasteiger partial charge on any atom is -0.457 e. The van der Waals surface area contributed by atoms with E-state index in [0.717, 1.165) is 65.6 Å². The normalized spacial score (nSPS) is 20.1. The monoisotopic (exact) mass is 538 g/mol. The first-order valence-electron chi connectivity index (χ1n) is 14.7. The molecular weight excluding hydrogens is 500 g/mol. The highest BCUT2D eigenvalue weighted by molar-refractivity contribution is 5.98. The van der Waals surface area contributed by atoms with Crippen molar-refractivity contribution >= 4 is 16.9 Å². The van der Waals surface area contributed by atoms with Gasteiger partial charge in [-0.1, -0.05) is 18.2 Å². The summed E-state index contributed by atoms with van der Waals surface area (Å²) in [6.07, 6.45) is 6.26. The van der Waals surface area contributed by atoms with E-state index in [1.54, 1.807) is 6.33 Å². The summed E-state index contributed by atoms with van der Waals surface area (Å²) in [6, 6.07) is 18.8. The molecule has 3 N–H and O–H groups in total. The van der Waals surface area contributed by atoms with Crippen LogP contribution < -0.4 is 15.8 Å². The second-order valence-corrected chi connectivity index (χ2v) is 11.5. The molecule has 0 unspecified atom stereocenters. The van der Waals surface area contributed by atoms with E-state index in [1.165, 1.54) is 45.6 Å². The van der Waals surface area contributed by atoms with Crippen LogP contribution in [0.2, 0.25) is 0 Å². The van der Waals surface area contributed by atoms with Gasteiger partial charge < -0.3 is 25.6 Å². The van der Waals surface area contributed by atoms with Gasteiger partial charge in [-0.2, -0.15) is 5.10 Å². The molecule has 40 heavy (non-hydrogen) atoms. The summed E-state index contributed by atoms with van der Waals surface area (Å²) in [5, 5.41) is 9.34. The Hall–Kier alpha value is -3.53. The predicted molar refractivity (Wildman–Crippen MR) is 157 cm³/mol. The standard InChI is InChI=1S/C31H38N8O/c32-30-28-29(23-6-8-27(9-7-23)40-26-4-2-1-3-5-26)36-39(31(28)35-21-34-30)25-12-16-38(17-13-25)24-10-14-37(15-11-24)20-22-18-33-19-22/h1-9,21-22,24-25,33H,10-20H2,(H2,32,34,35). The third kappa shape index (κ3) is 5.16. The fourth-order valence-electron chi connectivity index (χ4n) is 6.56. The van der Waals surface area contributed by atoms with Crippen LogP contribution in [0.4, 0.5) is 5.82 Å². The maximum atomic E-state index is 6.40. The lowest BCUT2D eigenvalue weighted by Crippen LogP contribution is -2.52. The summed E-state index contributed by atoms with van der Waals surface area (Å²) < 4.78 is 8.10. The molecule has 208 valence electrons. The van der Waals surface area contributed by atoms with Crippen molar-refractivity contribution in [2.45, 2.75) is 37.8 Å². The maximum absolute atomic E-state index is 6.40. The minimum atomic E-state index is 0.300. The summed E-state index contributed by atoms with van der Waals surface area (Å²) in [7, 11) is 0.